The fraction of sp³-hybridized carbons (Fsp3) is 0.133. The maximum atomic E-state index is 13.3. The van der Waals surface area contributed by atoms with Crippen LogP contribution >= 0.6 is 0 Å². The highest BCUT2D eigenvalue weighted by Crippen LogP contribution is 2.37. The van der Waals surface area contributed by atoms with E-state index in [9.17, 15) is 31.1 Å². The normalized spacial score (nSPS) is 12.0. The van der Waals surface area contributed by atoms with Crippen LogP contribution in [0.1, 0.15) is 32.6 Å². The molecule has 0 aliphatic rings. The first-order valence-electron chi connectivity index (χ1n) is 12.3. The molecule has 41 heavy (non-hydrogen) atoms. The molecule has 0 aliphatic heterocycles. The Morgan fingerprint density at radius 3 is 2.20 bits per heavy atom. The van der Waals surface area contributed by atoms with Gasteiger partial charge in [-0.25, -0.2) is 9.78 Å². The van der Waals surface area contributed by atoms with Crippen LogP contribution < -0.4 is 10.1 Å². The highest BCUT2D eigenvalue weighted by atomic mass is 19.4. The molecule has 2 aromatic heterocycles. The number of fused-ring (bicyclic) bond motifs is 1. The number of ether oxygens (including phenoxy) is 1. The summed E-state index contributed by atoms with van der Waals surface area (Å²) in [5.74, 6) is -0.808. The molecule has 0 spiro atoms. The van der Waals surface area contributed by atoms with Crippen molar-refractivity contribution in [3.8, 4) is 17.0 Å². The van der Waals surface area contributed by atoms with E-state index in [1.54, 1.807) is 12.1 Å². The summed E-state index contributed by atoms with van der Waals surface area (Å²) in [6.07, 6.45) is -8.36. The van der Waals surface area contributed by atoms with Crippen LogP contribution in [-0.2, 0) is 18.9 Å². The molecular formula is C30H21F6N3O2. The number of benzene rings is 3. The van der Waals surface area contributed by atoms with Crippen molar-refractivity contribution in [3.63, 3.8) is 0 Å². The number of hydrogen-bond acceptors (Lipinski definition) is 4. The number of nitrogens with one attached hydrogen (secondary N) is 1. The van der Waals surface area contributed by atoms with Crippen LogP contribution in [0.2, 0.25) is 0 Å². The van der Waals surface area contributed by atoms with Crippen molar-refractivity contribution in [2.24, 2.45) is 0 Å². The second kappa shape index (κ2) is 10.6. The molecular weight excluding hydrogens is 548 g/mol. The standard InChI is InChI=1S/C30H21F6N3O2/c1-18-7-6-12-39-26(18)38-25(27(39)37-17-19-8-3-2-4-9-19)20-10-5-11-24(15-20)41-28(40)21-13-22(29(31,32)33)16-23(14-21)30(34,35)36/h2-16,37H,17H2,1H3. The number of anilines is 1. The topological polar surface area (TPSA) is 55.6 Å². The van der Waals surface area contributed by atoms with E-state index < -0.39 is 35.0 Å². The zero-order chi connectivity index (χ0) is 29.4. The maximum Gasteiger partial charge on any atom is 0.416 e. The number of nitrogens with zero attached hydrogens (tertiary/aromatic N) is 2. The molecule has 0 saturated heterocycles. The molecule has 0 bridgehead atoms. The van der Waals surface area contributed by atoms with Crippen LogP contribution in [0, 0.1) is 6.92 Å². The summed E-state index contributed by atoms with van der Waals surface area (Å²) < 4.78 is 86.7. The molecule has 0 saturated carbocycles. The summed E-state index contributed by atoms with van der Waals surface area (Å²) in [4.78, 5) is 17.5. The van der Waals surface area contributed by atoms with E-state index in [0.717, 1.165) is 11.1 Å². The van der Waals surface area contributed by atoms with Gasteiger partial charge in [-0.3, -0.25) is 4.40 Å². The van der Waals surface area contributed by atoms with Gasteiger partial charge in [-0.15, -0.1) is 0 Å². The Hall–Kier alpha value is -4.80. The number of carbonyl (C=O) groups is 1. The van der Waals surface area contributed by atoms with E-state index in [-0.39, 0.29) is 11.8 Å². The summed E-state index contributed by atoms with van der Waals surface area (Å²) >= 11 is 0. The van der Waals surface area contributed by atoms with Gasteiger partial charge in [-0.2, -0.15) is 26.3 Å². The minimum absolute atomic E-state index is 0.0488. The lowest BCUT2D eigenvalue weighted by Gasteiger charge is -2.14. The van der Waals surface area contributed by atoms with Gasteiger partial charge < -0.3 is 10.1 Å². The van der Waals surface area contributed by atoms with Crippen molar-refractivity contribution in [2.75, 3.05) is 5.32 Å². The number of imidazole rings is 1. The molecule has 0 amide bonds. The summed E-state index contributed by atoms with van der Waals surface area (Å²) in [6, 6.07) is 20.1. The second-order valence-electron chi connectivity index (χ2n) is 9.24. The summed E-state index contributed by atoms with van der Waals surface area (Å²) in [6.45, 7) is 2.37. The Morgan fingerprint density at radius 1 is 0.854 bits per heavy atom. The number of alkyl halides is 6. The fourth-order valence-corrected chi connectivity index (χ4v) is 4.30. The van der Waals surface area contributed by atoms with E-state index in [1.807, 2.05) is 60.0 Å². The Labute approximate surface area is 230 Å². The molecule has 1 N–H and O–H groups in total. The van der Waals surface area contributed by atoms with Gasteiger partial charge in [0.15, 0.2) is 0 Å². The third kappa shape index (κ3) is 6.03. The predicted molar refractivity (Wildman–Crippen MR) is 141 cm³/mol. The summed E-state index contributed by atoms with van der Waals surface area (Å²) in [7, 11) is 0. The van der Waals surface area contributed by atoms with Gasteiger partial charge >= 0.3 is 18.3 Å². The highest BCUT2D eigenvalue weighted by molar-refractivity contribution is 5.92. The van der Waals surface area contributed by atoms with Crippen molar-refractivity contribution in [1.29, 1.82) is 0 Å². The fourth-order valence-electron chi connectivity index (χ4n) is 4.30. The molecule has 0 atom stereocenters. The number of hydrogen-bond donors (Lipinski definition) is 1. The largest absolute Gasteiger partial charge is 0.423 e. The molecule has 3 aromatic carbocycles. The molecule has 0 aliphatic carbocycles. The number of aryl methyl sites for hydroxylation is 1. The van der Waals surface area contributed by atoms with Crippen LogP contribution in [0.15, 0.2) is 91.1 Å². The van der Waals surface area contributed by atoms with E-state index in [1.165, 1.54) is 12.1 Å². The van der Waals surface area contributed by atoms with E-state index in [0.29, 0.717) is 41.4 Å². The first kappa shape index (κ1) is 27.8. The first-order valence-corrected chi connectivity index (χ1v) is 12.3. The van der Waals surface area contributed by atoms with Crippen molar-refractivity contribution in [1.82, 2.24) is 9.38 Å². The quantitative estimate of drug-likeness (QED) is 0.127. The number of pyridine rings is 1. The Bertz CT molecular complexity index is 1690. The molecule has 0 fully saturated rings. The first-order chi connectivity index (χ1) is 19.4. The van der Waals surface area contributed by atoms with Crippen LogP contribution in [0.25, 0.3) is 16.9 Å². The van der Waals surface area contributed by atoms with Crippen LogP contribution in [0.5, 0.6) is 5.75 Å². The van der Waals surface area contributed by atoms with Gasteiger partial charge in [0, 0.05) is 18.3 Å². The molecule has 5 rings (SSSR count). The zero-order valence-electron chi connectivity index (χ0n) is 21.3. The second-order valence-corrected chi connectivity index (χ2v) is 9.24. The number of halogens is 6. The molecule has 5 aromatic rings. The smallest absolute Gasteiger partial charge is 0.416 e. The molecule has 0 radical (unpaired) electrons. The van der Waals surface area contributed by atoms with Gasteiger partial charge in [0.25, 0.3) is 0 Å². The van der Waals surface area contributed by atoms with Crippen molar-refractivity contribution >= 4 is 17.4 Å². The maximum absolute atomic E-state index is 13.3. The van der Waals surface area contributed by atoms with Gasteiger partial charge in [0.1, 0.15) is 22.9 Å². The SMILES string of the molecule is Cc1cccn2c(NCc3ccccc3)c(-c3cccc(OC(=O)c4cc(C(F)(F)F)cc(C(F)(F)F)c4)c3)nc12. The lowest BCUT2D eigenvalue weighted by molar-refractivity contribution is -0.143. The van der Waals surface area contributed by atoms with Crippen molar-refractivity contribution in [2.45, 2.75) is 25.8 Å². The molecule has 5 nitrogen and oxygen atoms in total. The lowest BCUT2D eigenvalue weighted by atomic mass is 10.0. The van der Waals surface area contributed by atoms with Crippen LogP contribution in [0.3, 0.4) is 0 Å². The number of aromatic nitrogens is 2. The lowest BCUT2D eigenvalue weighted by Crippen LogP contribution is -2.15. The predicted octanol–water partition coefficient (Wildman–Crippen LogP) is 8.18. The molecule has 11 heteroatoms. The average molecular weight is 570 g/mol. The highest BCUT2D eigenvalue weighted by Gasteiger charge is 2.37. The Kier molecular flexibility index (Phi) is 7.20. The Morgan fingerprint density at radius 2 is 1.54 bits per heavy atom. The number of rotatable bonds is 6. The van der Waals surface area contributed by atoms with Crippen molar-refractivity contribution in [3.05, 3.63) is 119 Å². The van der Waals surface area contributed by atoms with E-state index in [2.05, 4.69) is 5.32 Å². The molecule has 210 valence electrons. The van der Waals surface area contributed by atoms with Gasteiger partial charge in [-0.05, 0) is 54.4 Å². The van der Waals surface area contributed by atoms with Crippen LogP contribution in [-0.4, -0.2) is 15.4 Å². The molecule has 2 heterocycles. The van der Waals surface area contributed by atoms with Crippen LogP contribution in [0.4, 0.5) is 32.2 Å². The molecule has 0 unspecified atom stereocenters. The van der Waals surface area contributed by atoms with Crippen molar-refractivity contribution < 1.29 is 35.9 Å². The van der Waals surface area contributed by atoms with Gasteiger partial charge in [0.05, 0.1) is 16.7 Å². The van der Waals surface area contributed by atoms with E-state index in [4.69, 9.17) is 9.72 Å². The van der Waals surface area contributed by atoms with E-state index >= 15 is 0 Å². The average Bonchev–Trinajstić information content (AvgIpc) is 3.31. The summed E-state index contributed by atoms with van der Waals surface area (Å²) in [5, 5.41) is 3.38. The number of esters is 1. The Balaban J connectivity index is 1.49. The minimum Gasteiger partial charge on any atom is -0.423 e. The number of carbonyl (C=O) groups excluding carboxylic acids is 1. The monoisotopic (exact) mass is 569 g/mol. The minimum atomic E-state index is -5.10. The van der Waals surface area contributed by atoms with Gasteiger partial charge in [-0.1, -0.05) is 48.5 Å². The zero-order valence-corrected chi connectivity index (χ0v) is 21.3. The third-order valence-corrected chi connectivity index (χ3v) is 6.29. The van der Waals surface area contributed by atoms with Gasteiger partial charge in [0.2, 0.25) is 0 Å². The summed E-state index contributed by atoms with van der Waals surface area (Å²) in [5.41, 5.74) is -0.502. The third-order valence-electron chi connectivity index (χ3n) is 6.29.